The first kappa shape index (κ1) is 18.2. The lowest BCUT2D eigenvalue weighted by Crippen LogP contribution is -2.22. The molecule has 3 aromatic rings. The van der Waals surface area contributed by atoms with Crippen molar-refractivity contribution in [1.82, 2.24) is 15.1 Å². The Morgan fingerprint density at radius 2 is 1.81 bits per heavy atom. The lowest BCUT2D eigenvalue weighted by molar-refractivity contribution is 0.0951. The van der Waals surface area contributed by atoms with E-state index in [2.05, 4.69) is 22.5 Å². The summed E-state index contributed by atoms with van der Waals surface area (Å²) >= 11 is 3.99. The monoisotopic (exact) mass is 395 g/mol. The van der Waals surface area contributed by atoms with Gasteiger partial charge in [0.2, 0.25) is 0 Å². The number of hydrogen-bond acceptors (Lipinski definition) is 4. The Labute approximate surface area is 167 Å². The highest BCUT2D eigenvalue weighted by Crippen LogP contribution is 2.43. The number of nitrogens with zero attached hydrogens (tertiary/aromatic N) is 2. The minimum atomic E-state index is -0.0401. The first-order valence-corrected chi connectivity index (χ1v) is 11.1. The van der Waals surface area contributed by atoms with Crippen molar-refractivity contribution in [3.05, 3.63) is 83.7 Å². The third-order valence-corrected chi connectivity index (χ3v) is 7.45. The lowest BCUT2D eigenvalue weighted by atomic mass is 10.1. The third kappa shape index (κ3) is 4.57. The Hall–Kier alpha value is -2.18. The topological polar surface area (TPSA) is 46.9 Å². The Morgan fingerprint density at radius 3 is 2.48 bits per heavy atom. The summed E-state index contributed by atoms with van der Waals surface area (Å²) in [6, 6.07) is 18.0. The molecule has 2 aromatic carbocycles. The van der Waals surface area contributed by atoms with Crippen molar-refractivity contribution in [3.8, 4) is 5.69 Å². The number of amides is 1. The second kappa shape index (κ2) is 8.67. The van der Waals surface area contributed by atoms with E-state index in [4.69, 9.17) is 0 Å². The summed E-state index contributed by atoms with van der Waals surface area (Å²) in [7, 11) is 0. The van der Waals surface area contributed by atoms with E-state index in [0.29, 0.717) is 16.7 Å². The van der Waals surface area contributed by atoms with Gasteiger partial charge < -0.3 is 5.32 Å². The molecule has 1 saturated heterocycles. The molecule has 1 fully saturated rings. The van der Waals surface area contributed by atoms with Crippen LogP contribution in [0.5, 0.6) is 0 Å². The Bertz CT molecular complexity index is 871. The summed E-state index contributed by atoms with van der Waals surface area (Å²) in [5.74, 6) is 2.40. The average Bonchev–Trinajstić information content (AvgIpc) is 3.28. The first-order valence-electron chi connectivity index (χ1n) is 9.00. The zero-order valence-corrected chi connectivity index (χ0v) is 16.5. The van der Waals surface area contributed by atoms with Gasteiger partial charge in [0.15, 0.2) is 0 Å². The number of rotatable bonds is 5. The maximum Gasteiger partial charge on any atom is 0.251 e. The molecule has 2 heterocycles. The zero-order chi connectivity index (χ0) is 18.5. The minimum Gasteiger partial charge on any atom is -0.348 e. The number of aromatic nitrogens is 2. The molecule has 0 unspecified atom stereocenters. The summed E-state index contributed by atoms with van der Waals surface area (Å²) in [4.78, 5) is 12.4. The van der Waals surface area contributed by atoms with Crippen molar-refractivity contribution < 1.29 is 4.79 Å². The van der Waals surface area contributed by atoms with Crippen LogP contribution in [0, 0.1) is 0 Å². The maximum atomic E-state index is 12.4. The van der Waals surface area contributed by atoms with Gasteiger partial charge in [0, 0.05) is 24.5 Å². The van der Waals surface area contributed by atoms with E-state index in [9.17, 15) is 4.79 Å². The molecular weight excluding hydrogens is 374 g/mol. The van der Waals surface area contributed by atoms with Crippen LogP contribution in [0.2, 0.25) is 0 Å². The quantitative estimate of drug-likeness (QED) is 0.682. The molecule has 1 aliphatic heterocycles. The molecule has 1 aliphatic rings. The van der Waals surface area contributed by atoms with E-state index in [1.54, 1.807) is 6.20 Å². The zero-order valence-electron chi connectivity index (χ0n) is 14.9. The maximum absolute atomic E-state index is 12.4. The van der Waals surface area contributed by atoms with Crippen LogP contribution in [-0.2, 0) is 6.54 Å². The van der Waals surface area contributed by atoms with Crippen LogP contribution in [0.25, 0.3) is 5.69 Å². The van der Waals surface area contributed by atoms with Crippen LogP contribution in [-0.4, -0.2) is 27.2 Å². The largest absolute Gasteiger partial charge is 0.348 e. The van der Waals surface area contributed by atoms with Gasteiger partial charge >= 0.3 is 0 Å². The number of hydrogen-bond donors (Lipinski definition) is 1. The molecule has 0 aliphatic carbocycles. The summed E-state index contributed by atoms with van der Waals surface area (Å²) in [6.45, 7) is 0.508. The summed E-state index contributed by atoms with van der Waals surface area (Å²) in [5, 5.41) is 7.21. The number of benzene rings is 2. The third-order valence-electron chi connectivity index (χ3n) is 4.43. The van der Waals surface area contributed by atoms with E-state index in [1.165, 1.54) is 23.5 Å². The Balaban J connectivity index is 1.33. The number of nitrogens with one attached hydrogen (secondary N) is 1. The normalized spacial score (nSPS) is 14.8. The fourth-order valence-electron chi connectivity index (χ4n) is 2.94. The van der Waals surface area contributed by atoms with Gasteiger partial charge in [-0.05, 0) is 59.4 Å². The van der Waals surface area contributed by atoms with Crippen molar-refractivity contribution in [2.24, 2.45) is 0 Å². The van der Waals surface area contributed by atoms with Crippen molar-refractivity contribution in [3.63, 3.8) is 0 Å². The number of thioether (sulfide) groups is 2. The summed E-state index contributed by atoms with van der Waals surface area (Å²) in [6.07, 6.45) is 4.95. The molecule has 27 heavy (non-hydrogen) atoms. The van der Waals surface area contributed by atoms with Crippen molar-refractivity contribution in [1.29, 1.82) is 0 Å². The summed E-state index contributed by atoms with van der Waals surface area (Å²) in [5.41, 5.74) is 4.07. The van der Waals surface area contributed by atoms with E-state index in [1.807, 2.05) is 76.9 Å². The van der Waals surface area contributed by atoms with E-state index < -0.39 is 0 Å². The fourth-order valence-corrected chi connectivity index (χ4v) is 5.84. The van der Waals surface area contributed by atoms with Gasteiger partial charge in [-0.2, -0.15) is 5.10 Å². The smallest absolute Gasteiger partial charge is 0.251 e. The lowest BCUT2D eigenvalue weighted by Gasteiger charge is -2.21. The number of carbonyl (C=O) groups is 1. The predicted octanol–water partition coefficient (Wildman–Crippen LogP) is 4.67. The molecule has 6 heteroatoms. The average molecular weight is 396 g/mol. The highest BCUT2D eigenvalue weighted by molar-refractivity contribution is 8.16. The van der Waals surface area contributed by atoms with Gasteiger partial charge in [-0.15, -0.1) is 23.5 Å². The molecule has 4 rings (SSSR count). The van der Waals surface area contributed by atoms with Crippen molar-refractivity contribution >= 4 is 29.4 Å². The standard InChI is InChI=1S/C21H21N3OS2/c25-20(17-5-7-18(8-6-17)21-26-13-2-14-27-21)22-15-16-3-9-19(10-4-16)24-12-1-11-23-24/h1,3-12,21H,2,13-15H2,(H,22,25). The molecular formula is C21H21N3OS2. The van der Waals surface area contributed by atoms with Gasteiger partial charge in [0.1, 0.15) is 0 Å². The van der Waals surface area contributed by atoms with Crippen LogP contribution in [0.3, 0.4) is 0 Å². The van der Waals surface area contributed by atoms with Crippen molar-refractivity contribution in [2.45, 2.75) is 17.5 Å². The van der Waals surface area contributed by atoms with Gasteiger partial charge in [-0.25, -0.2) is 4.68 Å². The molecule has 1 aromatic heterocycles. The van der Waals surface area contributed by atoms with E-state index >= 15 is 0 Å². The molecule has 0 radical (unpaired) electrons. The van der Waals surface area contributed by atoms with Crippen molar-refractivity contribution in [2.75, 3.05) is 11.5 Å². The molecule has 4 nitrogen and oxygen atoms in total. The molecule has 0 bridgehead atoms. The SMILES string of the molecule is O=C(NCc1ccc(-n2cccn2)cc1)c1ccc(C2SCCCS2)cc1. The Kier molecular flexibility index (Phi) is 5.84. The molecule has 1 N–H and O–H groups in total. The molecule has 0 spiro atoms. The highest BCUT2D eigenvalue weighted by atomic mass is 32.2. The van der Waals surface area contributed by atoms with Crippen LogP contribution >= 0.6 is 23.5 Å². The van der Waals surface area contributed by atoms with Gasteiger partial charge in [-0.3, -0.25) is 4.79 Å². The molecule has 1 amide bonds. The van der Waals surface area contributed by atoms with Crippen LogP contribution < -0.4 is 5.32 Å². The first-order chi connectivity index (χ1) is 13.3. The van der Waals surface area contributed by atoms with Crippen LogP contribution in [0.4, 0.5) is 0 Å². The van der Waals surface area contributed by atoms with Gasteiger partial charge in [0.05, 0.1) is 10.3 Å². The van der Waals surface area contributed by atoms with Crippen LogP contribution in [0.1, 0.15) is 32.5 Å². The summed E-state index contributed by atoms with van der Waals surface area (Å²) < 4.78 is 2.32. The minimum absolute atomic E-state index is 0.0401. The Morgan fingerprint density at radius 1 is 1.07 bits per heavy atom. The predicted molar refractivity (Wildman–Crippen MR) is 113 cm³/mol. The second-order valence-corrected chi connectivity index (χ2v) is 9.07. The van der Waals surface area contributed by atoms with E-state index in [-0.39, 0.29) is 5.91 Å². The number of carbonyl (C=O) groups excluding carboxylic acids is 1. The highest BCUT2D eigenvalue weighted by Gasteiger charge is 2.16. The molecule has 138 valence electrons. The van der Waals surface area contributed by atoms with Gasteiger partial charge in [-0.1, -0.05) is 24.3 Å². The van der Waals surface area contributed by atoms with Crippen LogP contribution in [0.15, 0.2) is 67.0 Å². The second-order valence-electron chi connectivity index (χ2n) is 6.35. The molecule has 0 atom stereocenters. The van der Waals surface area contributed by atoms with E-state index in [0.717, 1.165) is 11.3 Å². The molecule has 0 saturated carbocycles. The fraction of sp³-hybridized carbons (Fsp3) is 0.238. The van der Waals surface area contributed by atoms with Gasteiger partial charge in [0.25, 0.3) is 5.91 Å².